The summed E-state index contributed by atoms with van der Waals surface area (Å²) in [6.07, 6.45) is 2.41. The summed E-state index contributed by atoms with van der Waals surface area (Å²) >= 11 is 0. The van der Waals surface area contributed by atoms with Crippen molar-refractivity contribution in [2.75, 3.05) is 0 Å². The summed E-state index contributed by atoms with van der Waals surface area (Å²) in [6, 6.07) is 7.54. The second kappa shape index (κ2) is 4.03. The number of carbonyl (C=O) groups is 1. The van der Waals surface area contributed by atoms with Crippen LogP contribution in [0.3, 0.4) is 0 Å². The Labute approximate surface area is 88.9 Å². The average Bonchev–Trinajstić information content (AvgIpc) is 3.00. The van der Waals surface area contributed by atoms with Gasteiger partial charge in [-0.1, -0.05) is 24.3 Å². The summed E-state index contributed by atoms with van der Waals surface area (Å²) < 4.78 is 0. The fourth-order valence-corrected chi connectivity index (χ4v) is 1.91. The minimum absolute atomic E-state index is 0.00370. The second-order valence-electron chi connectivity index (χ2n) is 4.11. The lowest BCUT2D eigenvalue weighted by Gasteiger charge is -2.14. The van der Waals surface area contributed by atoms with Crippen LogP contribution in [0.2, 0.25) is 0 Å². The summed E-state index contributed by atoms with van der Waals surface area (Å²) in [6.45, 7) is 0. The average molecular weight is 205 g/mol. The molecule has 0 bridgehead atoms. The van der Waals surface area contributed by atoms with Crippen LogP contribution >= 0.6 is 0 Å². The maximum atomic E-state index is 10.6. The van der Waals surface area contributed by atoms with E-state index in [0.29, 0.717) is 5.92 Å². The summed E-state index contributed by atoms with van der Waals surface area (Å²) in [4.78, 5) is 10.6. The molecule has 15 heavy (non-hydrogen) atoms. The number of carboxylic acids is 1. The van der Waals surface area contributed by atoms with Crippen molar-refractivity contribution in [3.8, 4) is 0 Å². The predicted octanol–water partition coefficient (Wildman–Crippen LogP) is 2.04. The van der Waals surface area contributed by atoms with Gasteiger partial charge in [0.2, 0.25) is 0 Å². The molecule has 0 spiro atoms. The molecule has 1 aliphatic rings. The zero-order chi connectivity index (χ0) is 10.8. The molecule has 1 fully saturated rings. The molecule has 0 aliphatic heterocycles. The molecule has 3 nitrogen and oxygen atoms in total. The van der Waals surface area contributed by atoms with E-state index in [1.807, 2.05) is 18.2 Å². The fraction of sp³-hybridized carbons (Fsp3) is 0.417. The van der Waals surface area contributed by atoms with E-state index in [1.165, 1.54) is 18.4 Å². The molecule has 0 amide bonds. The largest absolute Gasteiger partial charge is 0.481 e. The Morgan fingerprint density at radius 3 is 2.73 bits per heavy atom. The number of rotatable bonds is 4. The molecule has 0 heterocycles. The van der Waals surface area contributed by atoms with E-state index in [-0.39, 0.29) is 12.5 Å². The number of hydrogen-bond donors (Lipinski definition) is 2. The van der Waals surface area contributed by atoms with E-state index in [1.54, 1.807) is 0 Å². The lowest BCUT2D eigenvalue weighted by atomic mass is 9.96. The number of benzene rings is 1. The standard InChI is InChI=1S/C12H15NO2/c13-11(7-12(14)15)10-4-2-1-3-9(10)8-5-6-8/h1-4,8,11H,5-7,13H2,(H,14,15). The summed E-state index contributed by atoms with van der Waals surface area (Å²) in [7, 11) is 0. The van der Waals surface area contributed by atoms with Crippen LogP contribution in [-0.4, -0.2) is 11.1 Å². The quantitative estimate of drug-likeness (QED) is 0.790. The highest BCUT2D eigenvalue weighted by molar-refractivity contribution is 5.68. The van der Waals surface area contributed by atoms with Crippen LogP contribution < -0.4 is 5.73 Å². The van der Waals surface area contributed by atoms with Gasteiger partial charge in [-0.3, -0.25) is 4.79 Å². The van der Waals surface area contributed by atoms with Crippen molar-refractivity contribution in [1.82, 2.24) is 0 Å². The van der Waals surface area contributed by atoms with Crippen molar-refractivity contribution in [3.05, 3.63) is 35.4 Å². The molecule has 3 N–H and O–H groups in total. The smallest absolute Gasteiger partial charge is 0.305 e. The maximum absolute atomic E-state index is 10.6. The van der Waals surface area contributed by atoms with Crippen molar-refractivity contribution in [1.29, 1.82) is 0 Å². The summed E-state index contributed by atoms with van der Waals surface area (Å²) in [5.41, 5.74) is 8.13. The van der Waals surface area contributed by atoms with Crippen LogP contribution in [0, 0.1) is 0 Å². The molecule has 2 rings (SSSR count). The number of hydrogen-bond acceptors (Lipinski definition) is 2. The van der Waals surface area contributed by atoms with Crippen molar-refractivity contribution >= 4 is 5.97 Å². The first-order valence-corrected chi connectivity index (χ1v) is 5.24. The van der Waals surface area contributed by atoms with Crippen molar-refractivity contribution < 1.29 is 9.90 Å². The van der Waals surface area contributed by atoms with E-state index in [9.17, 15) is 4.79 Å². The van der Waals surface area contributed by atoms with Gasteiger partial charge >= 0.3 is 5.97 Å². The van der Waals surface area contributed by atoms with E-state index in [2.05, 4.69) is 6.07 Å². The third-order valence-electron chi connectivity index (χ3n) is 2.81. The predicted molar refractivity (Wildman–Crippen MR) is 57.6 cm³/mol. The minimum atomic E-state index is -0.840. The first kappa shape index (κ1) is 10.2. The molecule has 1 atom stereocenters. The van der Waals surface area contributed by atoms with Gasteiger partial charge in [0.05, 0.1) is 6.42 Å². The van der Waals surface area contributed by atoms with Gasteiger partial charge in [0.25, 0.3) is 0 Å². The zero-order valence-corrected chi connectivity index (χ0v) is 8.52. The molecular formula is C12H15NO2. The van der Waals surface area contributed by atoms with E-state index < -0.39 is 5.97 Å². The Bertz CT molecular complexity index is 372. The molecule has 3 heteroatoms. The summed E-state index contributed by atoms with van der Waals surface area (Å²) in [5.74, 6) is -0.228. The summed E-state index contributed by atoms with van der Waals surface area (Å²) in [5, 5.41) is 8.71. The molecule has 0 aromatic heterocycles. The molecular weight excluding hydrogens is 190 g/mol. The van der Waals surface area contributed by atoms with Crippen LogP contribution in [0.25, 0.3) is 0 Å². The van der Waals surface area contributed by atoms with Crippen LogP contribution in [0.5, 0.6) is 0 Å². The van der Waals surface area contributed by atoms with Gasteiger partial charge in [0, 0.05) is 6.04 Å². The molecule has 1 unspecified atom stereocenters. The maximum Gasteiger partial charge on any atom is 0.305 e. The van der Waals surface area contributed by atoms with Gasteiger partial charge in [-0.05, 0) is 29.9 Å². The first-order chi connectivity index (χ1) is 7.18. The molecule has 80 valence electrons. The Balaban J connectivity index is 2.21. The monoisotopic (exact) mass is 205 g/mol. The normalized spacial score (nSPS) is 17.4. The number of carboxylic acid groups (broad SMARTS) is 1. The highest BCUT2D eigenvalue weighted by Gasteiger charge is 2.27. The van der Waals surface area contributed by atoms with Crippen molar-refractivity contribution in [2.45, 2.75) is 31.2 Å². The van der Waals surface area contributed by atoms with Crippen molar-refractivity contribution in [3.63, 3.8) is 0 Å². The van der Waals surface area contributed by atoms with Crippen LogP contribution in [-0.2, 0) is 4.79 Å². The lowest BCUT2D eigenvalue weighted by Crippen LogP contribution is -2.16. The van der Waals surface area contributed by atoms with Gasteiger partial charge in [0.1, 0.15) is 0 Å². The van der Waals surface area contributed by atoms with Gasteiger partial charge < -0.3 is 10.8 Å². The topological polar surface area (TPSA) is 63.3 Å². The first-order valence-electron chi connectivity index (χ1n) is 5.24. The second-order valence-corrected chi connectivity index (χ2v) is 4.11. The Hall–Kier alpha value is -1.35. The van der Waals surface area contributed by atoms with E-state index >= 15 is 0 Å². The Kier molecular flexibility index (Phi) is 2.73. The minimum Gasteiger partial charge on any atom is -0.481 e. The third kappa shape index (κ3) is 2.36. The third-order valence-corrected chi connectivity index (χ3v) is 2.81. The van der Waals surface area contributed by atoms with Gasteiger partial charge in [0.15, 0.2) is 0 Å². The number of aliphatic carboxylic acids is 1. The van der Waals surface area contributed by atoms with Crippen LogP contribution in [0.4, 0.5) is 0 Å². The van der Waals surface area contributed by atoms with Crippen LogP contribution in [0.15, 0.2) is 24.3 Å². The Morgan fingerprint density at radius 1 is 1.47 bits per heavy atom. The zero-order valence-electron chi connectivity index (χ0n) is 8.52. The highest BCUT2D eigenvalue weighted by Crippen LogP contribution is 2.42. The molecule has 1 aliphatic carbocycles. The van der Waals surface area contributed by atoms with Crippen LogP contribution in [0.1, 0.15) is 42.3 Å². The molecule has 1 saturated carbocycles. The van der Waals surface area contributed by atoms with Gasteiger partial charge in [-0.15, -0.1) is 0 Å². The van der Waals surface area contributed by atoms with Gasteiger partial charge in [-0.2, -0.15) is 0 Å². The van der Waals surface area contributed by atoms with Crippen molar-refractivity contribution in [2.24, 2.45) is 5.73 Å². The van der Waals surface area contributed by atoms with E-state index in [0.717, 1.165) is 5.56 Å². The molecule has 0 saturated heterocycles. The molecule has 1 aromatic carbocycles. The van der Waals surface area contributed by atoms with E-state index in [4.69, 9.17) is 10.8 Å². The number of nitrogens with two attached hydrogens (primary N) is 1. The SMILES string of the molecule is NC(CC(=O)O)c1ccccc1C1CC1. The highest BCUT2D eigenvalue weighted by atomic mass is 16.4. The molecule has 0 radical (unpaired) electrons. The Morgan fingerprint density at radius 2 is 2.13 bits per heavy atom. The van der Waals surface area contributed by atoms with Gasteiger partial charge in [-0.25, -0.2) is 0 Å². The lowest BCUT2D eigenvalue weighted by molar-refractivity contribution is -0.137. The molecule has 1 aromatic rings. The fourth-order valence-electron chi connectivity index (χ4n) is 1.91.